The van der Waals surface area contributed by atoms with Gasteiger partial charge in [-0.3, -0.25) is 9.48 Å². The van der Waals surface area contributed by atoms with Gasteiger partial charge in [-0.15, -0.1) is 0 Å². The molecule has 0 spiro atoms. The molecule has 1 amide bonds. The fourth-order valence-corrected chi connectivity index (χ4v) is 3.27. The van der Waals surface area contributed by atoms with Crippen LogP contribution in [0.15, 0.2) is 4.90 Å². The average molecular weight is 294 g/mol. The molecule has 0 radical (unpaired) electrons. The highest BCUT2D eigenvalue weighted by molar-refractivity contribution is 8.13. The van der Waals surface area contributed by atoms with E-state index in [9.17, 15) is 13.2 Å². The van der Waals surface area contributed by atoms with E-state index in [0.717, 1.165) is 0 Å². The molecule has 0 bridgehead atoms. The van der Waals surface area contributed by atoms with Crippen molar-refractivity contribution in [1.82, 2.24) is 15.1 Å². The Morgan fingerprint density at radius 2 is 2.00 bits per heavy atom. The zero-order valence-corrected chi connectivity index (χ0v) is 12.1. The van der Waals surface area contributed by atoms with E-state index in [0.29, 0.717) is 24.2 Å². The predicted molar refractivity (Wildman–Crippen MR) is 68.1 cm³/mol. The van der Waals surface area contributed by atoms with E-state index < -0.39 is 9.05 Å². The number of amides is 1. The number of carbonyl (C=O) groups excluding carboxylic acids is 1. The number of nitrogens with one attached hydrogen (secondary N) is 1. The summed E-state index contributed by atoms with van der Waals surface area (Å²) in [6.07, 6.45) is 0.875. The molecule has 0 unspecified atom stereocenters. The van der Waals surface area contributed by atoms with Crippen LogP contribution in [0.5, 0.6) is 0 Å². The van der Waals surface area contributed by atoms with Crippen LogP contribution in [0.3, 0.4) is 0 Å². The monoisotopic (exact) mass is 293 g/mol. The first-order valence-electron chi connectivity index (χ1n) is 5.58. The maximum Gasteiger partial charge on any atom is 0.264 e. The van der Waals surface area contributed by atoms with Gasteiger partial charge in [0.15, 0.2) is 0 Å². The number of hydrogen-bond acceptors (Lipinski definition) is 4. The standard InChI is InChI=1S/C10H16ClN3O3S/c1-4-7-10(18(11,16)17)8(5-2)14(13-7)6-9(15)12-3/h4-6H2,1-3H3,(H,12,15). The first-order valence-corrected chi connectivity index (χ1v) is 7.89. The lowest BCUT2D eigenvalue weighted by Gasteiger charge is -2.05. The third-order valence-electron chi connectivity index (χ3n) is 2.56. The van der Waals surface area contributed by atoms with Gasteiger partial charge in [0.05, 0.1) is 11.4 Å². The first-order chi connectivity index (χ1) is 8.35. The van der Waals surface area contributed by atoms with Gasteiger partial charge in [-0.25, -0.2) is 8.42 Å². The SMILES string of the molecule is CCc1nn(CC(=O)NC)c(CC)c1S(=O)(=O)Cl. The molecule has 0 aromatic carbocycles. The summed E-state index contributed by atoms with van der Waals surface area (Å²) in [5.74, 6) is -0.242. The minimum absolute atomic E-state index is 0.0148. The highest BCUT2D eigenvalue weighted by Crippen LogP contribution is 2.25. The quantitative estimate of drug-likeness (QED) is 0.810. The number of halogens is 1. The Morgan fingerprint density at radius 1 is 1.39 bits per heavy atom. The fourth-order valence-electron chi connectivity index (χ4n) is 1.74. The van der Waals surface area contributed by atoms with E-state index >= 15 is 0 Å². The second-order valence-electron chi connectivity index (χ2n) is 3.70. The lowest BCUT2D eigenvalue weighted by atomic mass is 10.2. The molecule has 0 aliphatic rings. The molecule has 0 saturated carbocycles. The molecular formula is C10H16ClN3O3S. The zero-order valence-electron chi connectivity index (χ0n) is 10.5. The van der Waals surface area contributed by atoms with E-state index in [1.807, 2.05) is 0 Å². The van der Waals surface area contributed by atoms with Gasteiger partial charge in [0.25, 0.3) is 9.05 Å². The molecule has 102 valence electrons. The Labute approximate surface area is 111 Å². The number of aromatic nitrogens is 2. The molecule has 0 aliphatic heterocycles. The number of aryl methyl sites for hydroxylation is 1. The topological polar surface area (TPSA) is 81.1 Å². The Morgan fingerprint density at radius 3 is 2.39 bits per heavy atom. The van der Waals surface area contributed by atoms with Crippen molar-refractivity contribution in [1.29, 1.82) is 0 Å². The lowest BCUT2D eigenvalue weighted by Crippen LogP contribution is -2.25. The average Bonchev–Trinajstić information content (AvgIpc) is 2.66. The number of hydrogen-bond donors (Lipinski definition) is 1. The molecule has 1 rings (SSSR count). The number of rotatable bonds is 5. The van der Waals surface area contributed by atoms with Gasteiger partial charge in [0.2, 0.25) is 5.91 Å². The molecule has 1 aromatic rings. The molecule has 6 nitrogen and oxygen atoms in total. The van der Waals surface area contributed by atoms with E-state index in [-0.39, 0.29) is 17.3 Å². The molecular weight excluding hydrogens is 278 g/mol. The third-order valence-corrected chi connectivity index (χ3v) is 3.98. The van der Waals surface area contributed by atoms with Crippen molar-refractivity contribution >= 4 is 25.6 Å². The van der Waals surface area contributed by atoms with Crippen molar-refractivity contribution in [3.8, 4) is 0 Å². The van der Waals surface area contributed by atoms with Crippen LogP contribution in [0, 0.1) is 0 Å². The summed E-state index contributed by atoms with van der Waals surface area (Å²) in [6, 6.07) is 0. The van der Waals surface area contributed by atoms with E-state index in [4.69, 9.17) is 10.7 Å². The van der Waals surface area contributed by atoms with E-state index in [2.05, 4.69) is 10.4 Å². The van der Waals surface area contributed by atoms with Crippen molar-refractivity contribution in [2.75, 3.05) is 7.05 Å². The number of likely N-dealkylation sites (N-methyl/N-ethyl adjacent to an activating group) is 1. The highest BCUT2D eigenvalue weighted by Gasteiger charge is 2.25. The van der Waals surface area contributed by atoms with Gasteiger partial charge in [-0.2, -0.15) is 5.10 Å². The van der Waals surface area contributed by atoms with Crippen LogP contribution in [-0.4, -0.2) is 31.2 Å². The van der Waals surface area contributed by atoms with Crippen LogP contribution >= 0.6 is 10.7 Å². The van der Waals surface area contributed by atoms with Crippen molar-refractivity contribution in [3.63, 3.8) is 0 Å². The largest absolute Gasteiger partial charge is 0.358 e. The van der Waals surface area contributed by atoms with Crippen LogP contribution in [0.2, 0.25) is 0 Å². The second-order valence-corrected chi connectivity index (χ2v) is 6.20. The maximum absolute atomic E-state index is 11.6. The van der Waals surface area contributed by atoms with Crippen LogP contribution in [0.25, 0.3) is 0 Å². The van der Waals surface area contributed by atoms with Gasteiger partial charge in [-0.1, -0.05) is 13.8 Å². The number of carbonyl (C=O) groups is 1. The van der Waals surface area contributed by atoms with Gasteiger partial charge in [0.1, 0.15) is 11.4 Å². The van der Waals surface area contributed by atoms with Gasteiger partial charge < -0.3 is 5.32 Å². The molecule has 1 heterocycles. The number of nitrogens with zero attached hydrogens (tertiary/aromatic N) is 2. The van der Waals surface area contributed by atoms with Gasteiger partial charge in [0, 0.05) is 17.7 Å². The van der Waals surface area contributed by atoms with Gasteiger partial charge >= 0.3 is 0 Å². The fraction of sp³-hybridized carbons (Fsp3) is 0.600. The molecule has 0 fully saturated rings. The lowest BCUT2D eigenvalue weighted by molar-refractivity contribution is -0.121. The van der Waals surface area contributed by atoms with E-state index in [1.165, 1.54) is 11.7 Å². The van der Waals surface area contributed by atoms with E-state index in [1.54, 1.807) is 13.8 Å². The predicted octanol–water partition coefficient (Wildman–Crippen LogP) is 0.681. The summed E-state index contributed by atoms with van der Waals surface area (Å²) in [5.41, 5.74) is 0.858. The molecule has 0 atom stereocenters. The van der Waals surface area contributed by atoms with Crippen LogP contribution in [-0.2, 0) is 33.2 Å². The first kappa shape index (κ1) is 15.0. The summed E-state index contributed by atoms with van der Waals surface area (Å²) in [4.78, 5) is 11.4. The van der Waals surface area contributed by atoms with Crippen molar-refractivity contribution < 1.29 is 13.2 Å². The Bertz CT molecular complexity index is 551. The molecule has 18 heavy (non-hydrogen) atoms. The van der Waals surface area contributed by atoms with Gasteiger partial charge in [-0.05, 0) is 12.8 Å². The van der Waals surface area contributed by atoms with Crippen LogP contribution in [0.1, 0.15) is 25.2 Å². The van der Waals surface area contributed by atoms with Crippen molar-refractivity contribution in [2.45, 2.75) is 38.1 Å². The zero-order chi connectivity index (χ0) is 13.9. The minimum Gasteiger partial charge on any atom is -0.358 e. The highest BCUT2D eigenvalue weighted by atomic mass is 35.7. The molecule has 8 heteroatoms. The van der Waals surface area contributed by atoms with Crippen molar-refractivity contribution in [2.24, 2.45) is 0 Å². The molecule has 1 N–H and O–H groups in total. The second kappa shape index (κ2) is 5.71. The Hall–Kier alpha value is -1.08. The summed E-state index contributed by atoms with van der Waals surface area (Å²) in [6.45, 7) is 3.57. The summed E-state index contributed by atoms with van der Waals surface area (Å²) in [5, 5.41) is 6.61. The third kappa shape index (κ3) is 3.02. The smallest absolute Gasteiger partial charge is 0.264 e. The van der Waals surface area contributed by atoms with Crippen molar-refractivity contribution in [3.05, 3.63) is 11.4 Å². The Balaban J connectivity index is 3.38. The summed E-state index contributed by atoms with van der Waals surface area (Å²) in [7, 11) is 3.09. The maximum atomic E-state index is 11.6. The Kier molecular flexibility index (Phi) is 4.75. The summed E-state index contributed by atoms with van der Waals surface area (Å²) >= 11 is 0. The normalized spacial score (nSPS) is 11.6. The molecule has 0 aliphatic carbocycles. The van der Waals surface area contributed by atoms with Crippen LogP contribution < -0.4 is 5.32 Å². The van der Waals surface area contributed by atoms with Crippen LogP contribution in [0.4, 0.5) is 0 Å². The minimum atomic E-state index is -3.85. The molecule has 1 aromatic heterocycles. The molecule has 0 saturated heterocycles. The summed E-state index contributed by atoms with van der Waals surface area (Å²) < 4.78 is 24.5.